The van der Waals surface area contributed by atoms with Gasteiger partial charge >= 0.3 is 0 Å². The van der Waals surface area contributed by atoms with Crippen LogP contribution in [-0.4, -0.2) is 25.5 Å². The Morgan fingerprint density at radius 3 is 2.95 bits per heavy atom. The molecule has 3 rings (SSSR count). The lowest BCUT2D eigenvalue weighted by Gasteiger charge is -2.23. The lowest BCUT2D eigenvalue weighted by atomic mass is 9.93. The minimum Gasteiger partial charge on any atom is -0.317 e. The van der Waals surface area contributed by atoms with Gasteiger partial charge in [-0.1, -0.05) is 6.07 Å². The number of rotatable bonds is 3. The largest absolute Gasteiger partial charge is 0.317 e. The first-order valence-corrected chi connectivity index (χ1v) is 7.53. The third-order valence-corrected chi connectivity index (χ3v) is 4.47. The highest BCUT2D eigenvalue weighted by atomic mass is 19.1. The molecular weight excluding hydrogens is 255 g/mol. The molecule has 1 saturated heterocycles. The highest BCUT2D eigenvalue weighted by molar-refractivity contribution is 5.95. The minimum atomic E-state index is -0.262. The van der Waals surface area contributed by atoms with E-state index < -0.39 is 0 Å². The molecule has 0 bridgehead atoms. The van der Waals surface area contributed by atoms with E-state index in [2.05, 4.69) is 5.32 Å². The topological polar surface area (TPSA) is 32.3 Å². The van der Waals surface area contributed by atoms with Crippen LogP contribution in [0.4, 0.5) is 10.1 Å². The standard InChI is InChI=1S/C16H21FN2O/c17-14-3-2-13-7-10-19(15(13)11-14)16(20)4-1-12-5-8-18-9-6-12/h2-3,11-12,18H,1,4-10H2. The lowest BCUT2D eigenvalue weighted by Crippen LogP contribution is -2.31. The van der Waals surface area contributed by atoms with Crippen molar-refractivity contribution in [3.63, 3.8) is 0 Å². The zero-order valence-corrected chi connectivity index (χ0v) is 11.7. The van der Waals surface area contributed by atoms with Crippen molar-refractivity contribution in [3.05, 3.63) is 29.6 Å². The molecule has 2 aliphatic rings. The summed E-state index contributed by atoms with van der Waals surface area (Å²) in [5, 5.41) is 3.34. The van der Waals surface area contributed by atoms with E-state index in [1.165, 1.54) is 25.0 Å². The van der Waals surface area contributed by atoms with Gasteiger partial charge in [-0.3, -0.25) is 4.79 Å². The van der Waals surface area contributed by atoms with Crippen molar-refractivity contribution in [2.45, 2.75) is 32.1 Å². The third-order valence-electron chi connectivity index (χ3n) is 4.47. The number of carbonyl (C=O) groups excluding carboxylic acids is 1. The predicted octanol–water partition coefficient (Wildman–Crippen LogP) is 2.49. The van der Waals surface area contributed by atoms with Crippen LogP contribution in [0.2, 0.25) is 0 Å². The van der Waals surface area contributed by atoms with Crippen molar-refractivity contribution in [1.29, 1.82) is 0 Å². The van der Waals surface area contributed by atoms with E-state index >= 15 is 0 Å². The van der Waals surface area contributed by atoms with Crippen molar-refractivity contribution in [2.24, 2.45) is 5.92 Å². The average molecular weight is 276 g/mol. The van der Waals surface area contributed by atoms with E-state index in [4.69, 9.17) is 0 Å². The zero-order chi connectivity index (χ0) is 13.9. The fourth-order valence-electron chi connectivity index (χ4n) is 3.24. The van der Waals surface area contributed by atoms with Crippen LogP contribution >= 0.6 is 0 Å². The SMILES string of the molecule is O=C(CCC1CCNCC1)N1CCc2ccc(F)cc21. The molecule has 2 aliphatic heterocycles. The molecule has 1 aromatic rings. The summed E-state index contributed by atoms with van der Waals surface area (Å²) in [6, 6.07) is 4.76. The Labute approximate surface area is 119 Å². The molecule has 1 aromatic carbocycles. The first-order valence-electron chi connectivity index (χ1n) is 7.53. The molecule has 1 N–H and O–H groups in total. The lowest BCUT2D eigenvalue weighted by molar-refractivity contribution is -0.118. The van der Waals surface area contributed by atoms with Crippen LogP contribution in [0, 0.1) is 11.7 Å². The summed E-state index contributed by atoms with van der Waals surface area (Å²) in [4.78, 5) is 14.1. The summed E-state index contributed by atoms with van der Waals surface area (Å²) < 4.78 is 13.3. The summed E-state index contributed by atoms with van der Waals surface area (Å²) in [7, 11) is 0. The van der Waals surface area contributed by atoms with Crippen molar-refractivity contribution in [3.8, 4) is 0 Å². The summed E-state index contributed by atoms with van der Waals surface area (Å²) in [5.74, 6) is 0.546. The van der Waals surface area contributed by atoms with Crippen LogP contribution < -0.4 is 10.2 Å². The molecule has 4 heteroatoms. The molecule has 0 aromatic heterocycles. The second kappa shape index (κ2) is 5.92. The third kappa shape index (κ3) is 2.85. The van der Waals surface area contributed by atoms with Gasteiger partial charge in [-0.25, -0.2) is 4.39 Å². The van der Waals surface area contributed by atoms with Gasteiger partial charge < -0.3 is 10.2 Å². The quantitative estimate of drug-likeness (QED) is 0.920. The number of nitrogens with zero attached hydrogens (tertiary/aromatic N) is 1. The Morgan fingerprint density at radius 2 is 2.15 bits per heavy atom. The van der Waals surface area contributed by atoms with Crippen molar-refractivity contribution < 1.29 is 9.18 Å². The highest BCUT2D eigenvalue weighted by Gasteiger charge is 2.25. The maximum Gasteiger partial charge on any atom is 0.227 e. The number of fused-ring (bicyclic) bond motifs is 1. The number of anilines is 1. The molecule has 0 radical (unpaired) electrons. The Kier molecular flexibility index (Phi) is 4.01. The molecule has 1 fully saturated rings. The second-order valence-electron chi connectivity index (χ2n) is 5.80. The fraction of sp³-hybridized carbons (Fsp3) is 0.562. The number of amides is 1. The number of nitrogens with one attached hydrogen (secondary N) is 1. The molecule has 108 valence electrons. The second-order valence-corrected chi connectivity index (χ2v) is 5.80. The normalized spacial score (nSPS) is 19.1. The molecule has 20 heavy (non-hydrogen) atoms. The molecule has 3 nitrogen and oxygen atoms in total. The van der Waals surface area contributed by atoms with Crippen LogP contribution in [0.3, 0.4) is 0 Å². The summed E-state index contributed by atoms with van der Waals surface area (Å²) in [6.07, 6.45) is 4.72. The Bertz CT molecular complexity index is 497. The van der Waals surface area contributed by atoms with E-state index in [9.17, 15) is 9.18 Å². The van der Waals surface area contributed by atoms with Gasteiger partial charge in [0, 0.05) is 18.7 Å². The van der Waals surface area contributed by atoms with Gasteiger partial charge in [0.05, 0.1) is 0 Å². The Morgan fingerprint density at radius 1 is 1.35 bits per heavy atom. The molecule has 0 spiro atoms. The smallest absolute Gasteiger partial charge is 0.227 e. The maximum absolute atomic E-state index is 13.3. The summed E-state index contributed by atoms with van der Waals surface area (Å²) in [5.41, 5.74) is 1.86. The molecule has 1 amide bonds. The Balaban J connectivity index is 1.60. The summed E-state index contributed by atoms with van der Waals surface area (Å²) >= 11 is 0. The van der Waals surface area contributed by atoms with Gasteiger partial charge in [0.1, 0.15) is 5.82 Å². The monoisotopic (exact) mass is 276 g/mol. The van der Waals surface area contributed by atoms with Gasteiger partial charge in [-0.05, 0) is 62.4 Å². The number of halogens is 1. The van der Waals surface area contributed by atoms with Crippen molar-refractivity contribution >= 4 is 11.6 Å². The van der Waals surface area contributed by atoms with E-state index in [1.54, 1.807) is 11.0 Å². The van der Waals surface area contributed by atoms with Crippen LogP contribution in [0.15, 0.2) is 18.2 Å². The number of piperidine rings is 1. The Hall–Kier alpha value is -1.42. The van der Waals surface area contributed by atoms with Gasteiger partial charge in [-0.15, -0.1) is 0 Å². The van der Waals surface area contributed by atoms with Crippen LogP contribution in [0.5, 0.6) is 0 Å². The van der Waals surface area contributed by atoms with Gasteiger partial charge in [0.25, 0.3) is 0 Å². The number of hydrogen-bond donors (Lipinski definition) is 1. The highest BCUT2D eigenvalue weighted by Crippen LogP contribution is 2.30. The van der Waals surface area contributed by atoms with E-state index in [1.807, 2.05) is 0 Å². The van der Waals surface area contributed by atoms with E-state index in [0.29, 0.717) is 18.9 Å². The van der Waals surface area contributed by atoms with Crippen LogP contribution in [0.25, 0.3) is 0 Å². The maximum atomic E-state index is 13.3. The number of benzene rings is 1. The molecule has 0 unspecified atom stereocenters. The van der Waals surface area contributed by atoms with Gasteiger partial charge in [-0.2, -0.15) is 0 Å². The first kappa shape index (κ1) is 13.6. The molecule has 0 aliphatic carbocycles. The zero-order valence-electron chi connectivity index (χ0n) is 11.7. The molecular formula is C16H21FN2O. The van der Waals surface area contributed by atoms with Crippen LogP contribution in [-0.2, 0) is 11.2 Å². The predicted molar refractivity (Wildman–Crippen MR) is 77.3 cm³/mol. The van der Waals surface area contributed by atoms with Crippen LogP contribution in [0.1, 0.15) is 31.2 Å². The molecule has 2 heterocycles. The van der Waals surface area contributed by atoms with Gasteiger partial charge in [0.2, 0.25) is 5.91 Å². The first-order chi connectivity index (χ1) is 9.74. The number of hydrogen-bond acceptors (Lipinski definition) is 2. The van der Waals surface area contributed by atoms with E-state index in [0.717, 1.165) is 37.2 Å². The van der Waals surface area contributed by atoms with Crippen molar-refractivity contribution in [1.82, 2.24) is 5.32 Å². The number of carbonyl (C=O) groups is 1. The average Bonchev–Trinajstić information content (AvgIpc) is 2.89. The molecule has 0 atom stereocenters. The van der Waals surface area contributed by atoms with Crippen molar-refractivity contribution in [2.75, 3.05) is 24.5 Å². The summed E-state index contributed by atoms with van der Waals surface area (Å²) in [6.45, 7) is 2.83. The van der Waals surface area contributed by atoms with Gasteiger partial charge in [0.15, 0.2) is 0 Å². The minimum absolute atomic E-state index is 0.146. The van der Waals surface area contributed by atoms with E-state index in [-0.39, 0.29) is 11.7 Å². The molecule has 0 saturated carbocycles. The fourth-order valence-corrected chi connectivity index (χ4v) is 3.24.